The molecule has 0 aliphatic heterocycles. The number of nitrogens with one attached hydrogen (secondary N) is 1. The summed E-state index contributed by atoms with van der Waals surface area (Å²) in [5, 5.41) is 4.84. The van der Waals surface area contributed by atoms with Crippen molar-refractivity contribution >= 4 is 27.5 Å². The smallest absolute Gasteiger partial charge is 0.331 e. The van der Waals surface area contributed by atoms with Crippen molar-refractivity contribution in [2.45, 2.75) is 52.1 Å². The molecule has 2 heterocycles. The van der Waals surface area contributed by atoms with Crippen molar-refractivity contribution in [3.05, 3.63) is 32.3 Å². The monoisotopic (exact) mass is 407 g/mol. The van der Waals surface area contributed by atoms with E-state index in [4.69, 9.17) is 4.74 Å². The number of aromatic nitrogens is 2. The average molecular weight is 408 g/mol. The van der Waals surface area contributed by atoms with Crippen LogP contribution in [0.2, 0.25) is 0 Å². The number of carbonyl (C=O) groups is 1. The summed E-state index contributed by atoms with van der Waals surface area (Å²) in [6.07, 6.45) is 4.14. The van der Waals surface area contributed by atoms with Crippen molar-refractivity contribution in [2.24, 2.45) is 11.8 Å². The zero-order valence-corrected chi connectivity index (χ0v) is 17.4. The van der Waals surface area contributed by atoms with Crippen LogP contribution in [0.1, 0.15) is 39.0 Å². The minimum atomic E-state index is -0.226. The molecule has 0 bridgehead atoms. The molecule has 1 amide bonds. The van der Waals surface area contributed by atoms with Crippen LogP contribution in [0.25, 0.3) is 10.2 Å². The van der Waals surface area contributed by atoms with Crippen LogP contribution in [0.15, 0.2) is 21.0 Å². The molecule has 1 N–H and O–H groups in total. The van der Waals surface area contributed by atoms with Gasteiger partial charge in [0, 0.05) is 39.3 Å². The summed E-state index contributed by atoms with van der Waals surface area (Å²) < 4.78 is 8.71. The van der Waals surface area contributed by atoms with E-state index in [1.807, 2.05) is 18.4 Å². The van der Waals surface area contributed by atoms with Gasteiger partial charge >= 0.3 is 5.69 Å². The molecule has 0 spiro atoms. The van der Waals surface area contributed by atoms with Crippen molar-refractivity contribution in [3.8, 4) is 0 Å². The summed E-state index contributed by atoms with van der Waals surface area (Å²) in [4.78, 5) is 37.9. The zero-order valence-electron chi connectivity index (χ0n) is 16.6. The maximum Gasteiger partial charge on any atom is 0.331 e. The maximum absolute atomic E-state index is 12.8. The maximum atomic E-state index is 12.8. The minimum Gasteiger partial charge on any atom is -0.385 e. The number of ether oxygens (including phenoxy) is 1. The van der Waals surface area contributed by atoms with Crippen molar-refractivity contribution in [2.75, 3.05) is 20.3 Å². The van der Waals surface area contributed by atoms with E-state index in [0.29, 0.717) is 30.9 Å². The fourth-order valence-electron chi connectivity index (χ4n) is 4.04. The van der Waals surface area contributed by atoms with Crippen LogP contribution in [0.3, 0.4) is 0 Å². The molecule has 3 rings (SSSR count). The molecule has 154 valence electrons. The van der Waals surface area contributed by atoms with Gasteiger partial charge in [-0.2, -0.15) is 0 Å². The molecule has 1 aliphatic carbocycles. The molecule has 7 nitrogen and oxygen atoms in total. The molecular weight excluding hydrogens is 378 g/mol. The number of methoxy groups -OCH3 is 1. The second kappa shape index (κ2) is 9.52. The lowest BCUT2D eigenvalue weighted by Crippen LogP contribution is -2.42. The van der Waals surface area contributed by atoms with Crippen LogP contribution in [-0.2, 0) is 22.6 Å². The summed E-state index contributed by atoms with van der Waals surface area (Å²) in [6, 6.07) is 1.84. The summed E-state index contributed by atoms with van der Waals surface area (Å²) in [6.45, 7) is 4.19. The third-order valence-electron chi connectivity index (χ3n) is 5.64. The van der Waals surface area contributed by atoms with Gasteiger partial charge < -0.3 is 10.1 Å². The van der Waals surface area contributed by atoms with Crippen molar-refractivity contribution in [3.63, 3.8) is 0 Å². The van der Waals surface area contributed by atoms with E-state index < -0.39 is 0 Å². The number of carbonyl (C=O) groups excluding carboxylic acids is 1. The van der Waals surface area contributed by atoms with Gasteiger partial charge in [0.05, 0.1) is 5.52 Å². The number of hydrogen-bond acceptors (Lipinski definition) is 5. The molecule has 1 fully saturated rings. The van der Waals surface area contributed by atoms with Gasteiger partial charge in [0.15, 0.2) is 0 Å². The summed E-state index contributed by atoms with van der Waals surface area (Å²) in [5.41, 5.74) is 0.321. The van der Waals surface area contributed by atoms with Crippen molar-refractivity contribution in [1.29, 1.82) is 0 Å². The van der Waals surface area contributed by atoms with Gasteiger partial charge in [0.1, 0.15) is 4.70 Å². The standard InChI is InChI=1S/C20H29N3O4S/c1-3-22-16-9-12-28-17(16)19(25)23(20(22)26)13-14-5-7-15(8-6-14)18(24)21-10-4-11-27-2/h9,12,14-15H,3-8,10-11,13H2,1-2H3,(H,21,24). The topological polar surface area (TPSA) is 82.3 Å². The Bertz CT molecular complexity index is 922. The quantitative estimate of drug-likeness (QED) is 0.680. The largest absolute Gasteiger partial charge is 0.385 e. The first-order valence-corrected chi connectivity index (χ1v) is 10.9. The van der Waals surface area contributed by atoms with Crippen LogP contribution in [0.5, 0.6) is 0 Å². The Morgan fingerprint density at radius 1 is 1.25 bits per heavy atom. The van der Waals surface area contributed by atoms with Crippen LogP contribution in [-0.4, -0.2) is 35.3 Å². The van der Waals surface area contributed by atoms with Crippen LogP contribution in [0.4, 0.5) is 0 Å². The predicted molar refractivity (Wildman–Crippen MR) is 111 cm³/mol. The third-order valence-corrected chi connectivity index (χ3v) is 6.53. The van der Waals surface area contributed by atoms with Crippen molar-refractivity contribution in [1.82, 2.24) is 14.5 Å². The lowest BCUT2D eigenvalue weighted by molar-refractivity contribution is -0.126. The van der Waals surface area contributed by atoms with Gasteiger partial charge in [-0.15, -0.1) is 11.3 Å². The van der Waals surface area contributed by atoms with Crippen LogP contribution < -0.4 is 16.6 Å². The van der Waals surface area contributed by atoms with Gasteiger partial charge in [0.2, 0.25) is 5.91 Å². The second-order valence-electron chi connectivity index (χ2n) is 7.43. The van der Waals surface area contributed by atoms with E-state index in [-0.39, 0.29) is 29.0 Å². The fourth-order valence-corrected chi connectivity index (χ4v) is 4.88. The highest BCUT2D eigenvalue weighted by Crippen LogP contribution is 2.29. The Balaban J connectivity index is 1.63. The minimum absolute atomic E-state index is 0.0302. The van der Waals surface area contributed by atoms with E-state index >= 15 is 0 Å². The molecule has 1 aliphatic rings. The highest BCUT2D eigenvalue weighted by Gasteiger charge is 2.27. The Morgan fingerprint density at radius 3 is 2.68 bits per heavy atom. The fraction of sp³-hybridized carbons (Fsp3) is 0.650. The lowest BCUT2D eigenvalue weighted by atomic mass is 9.81. The molecular formula is C20H29N3O4S. The van der Waals surface area contributed by atoms with Gasteiger partial charge in [-0.05, 0) is 56.4 Å². The SMILES string of the molecule is CCn1c(=O)n(CC2CCC(C(=O)NCCCOC)CC2)c(=O)c2sccc21. The lowest BCUT2D eigenvalue weighted by Gasteiger charge is -2.28. The molecule has 2 aromatic heterocycles. The molecule has 28 heavy (non-hydrogen) atoms. The Hall–Kier alpha value is -1.93. The number of nitrogens with zero attached hydrogens (tertiary/aromatic N) is 2. The van der Waals surface area contributed by atoms with E-state index in [1.54, 1.807) is 11.7 Å². The van der Waals surface area contributed by atoms with Gasteiger partial charge in [-0.1, -0.05) is 0 Å². The first-order valence-electron chi connectivity index (χ1n) is 10.0. The third kappa shape index (κ3) is 4.38. The first kappa shape index (κ1) is 20.8. The molecule has 0 aromatic carbocycles. The predicted octanol–water partition coefficient (Wildman–Crippen LogP) is 2.20. The molecule has 0 unspecified atom stereocenters. The van der Waals surface area contributed by atoms with E-state index in [0.717, 1.165) is 37.6 Å². The van der Waals surface area contributed by atoms with Crippen LogP contribution in [0, 0.1) is 11.8 Å². The first-order chi connectivity index (χ1) is 13.6. The second-order valence-corrected chi connectivity index (χ2v) is 8.35. The Morgan fingerprint density at radius 2 is 2.00 bits per heavy atom. The number of hydrogen-bond donors (Lipinski definition) is 1. The Kier molecular flexibility index (Phi) is 7.07. The molecule has 0 radical (unpaired) electrons. The number of fused-ring (bicyclic) bond motifs is 1. The highest BCUT2D eigenvalue weighted by atomic mass is 32.1. The number of rotatable bonds is 8. The highest BCUT2D eigenvalue weighted by molar-refractivity contribution is 7.17. The van der Waals surface area contributed by atoms with Crippen LogP contribution >= 0.6 is 11.3 Å². The van der Waals surface area contributed by atoms with Gasteiger partial charge in [-0.3, -0.25) is 18.7 Å². The van der Waals surface area contributed by atoms with Gasteiger partial charge in [-0.25, -0.2) is 4.79 Å². The van der Waals surface area contributed by atoms with Gasteiger partial charge in [0.25, 0.3) is 5.56 Å². The van der Waals surface area contributed by atoms with E-state index in [1.165, 1.54) is 15.9 Å². The Labute approximate surface area is 168 Å². The number of aryl methyl sites for hydroxylation is 1. The molecule has 0 saturated heterocycles. The normalized spacial score (nSPS) is 19.8. The summed E-state index contributed by atoms with van der Waals surface area (Å²) >= 11 is 1.39. The average Bonchev–Trinajstić information content (AvgIpc) is 3.19. The van der Waals surface area contributed by atoms with E-state index in [9.17, 15) is 14.4 Å². The summed E-state index contributed by atoms with van der Waals surface area (Å²) in [7, 11) is 1.65. The molecule has 0 atom stereocenters. The molecule has 1 saturated carbocycles. The van der Waals surface area contributed by atoms with Crippen molar-refractivity contribution < 1.29 is 9.53 Å². The summed E-state index contributed by atoms with van der Waals surface area (Å²) in [5.74, 6) is 0.397. The zero-order chi connectivity index (χ0) is 20.1. The molecule has 2 aromatic rings. The molecule has 8 heteroatoms. The van der Waals surface area contributed by atoms with E-state index in [2.05, 4.69) is 5.32 Å². The number of thiophene rings is 1. The number of amides is 1.